The third-order valence-electron chi connectivity index (χ3n) is 9.99. The molecular weight excluding hydrogens is 595 g/mol. The van der Waals surface area contributed by atoms with Gasteiger partial charge in [0.2, 0.25) is 0 Å². The summed E-state index contributed by atoms with van der Waals surface area (Å²) in [4.78, 5) is 5.47. The highest BCUT2D eigenvalue weighted by molar-refractivity contribution is 6.25. The van der Waals surface area contributed by atoms with Crippen molar-refractivity contribution in [1.29, 1.82) is 0 Å². The maximum absolute atomic E-state index is 5.47. The first-order valence-electron chi connectivity index (χ1n) is 16.8. The fourth-order valence-corrected chi connectivity index (χ4v) is 7.88. The second-order valence-corrected chi connectivity index (χ2v) is 12.8. The number of para-hydroxylation sites is 3. The smallest absolute Gasteiger partial charge is 0.0973 e. The van der Waals surface area contributed by atoms with Crippen LogP contribution in [0.15, 0.2) is 170 Å². The Labute approximate surface area is 283 Å². The Hall–Kier alpha value is -6.45. The van der Waals surface area contributed by atoms with E-state index in [0.29, 0.717) is 0 Å². The zero-order valence-corrected chi connectivity index (χ0v) is 27.0. The topological polar surface area (TPSA) is 22.8 Å². The first kappa shape index (κ1) is 27.6. The Morgan fingerprint density at radius 1 is 0.388 bits per heavy atom. The summed E-state index contributed by atoms with van der Waals surface area (Å²) in [5, 5.41) is 5.97. The van der Waals surface area contributed by atoms with Crippen LogP contribution in [-0.2, 0) is 0 Å². The number of aryl methyl sites for hydroxylation is 1. The van der Waals surface area contributed by atoms with E-state index in [4.69, 9.17) is 4.98 Å². The van der Waals surface area contributed by atoms with Crippen LogP contribution in [0, 0.1) is 6.92 Å². The van der Waals surface area contributed by atoms with Gasteiger partial charge in [-0.2, -0.15) is 0 Å². The van der Waals surface area contributed by atoms with E-state index < -0.39 is 0 Å². The molecule has 0 atom stereocenters. The molecule has 10 rings (SSSR count). The number of fused-ring (bicyclic) bond motifs is 9. The number of pyridine rings is 1. The molecular formula is C46H31N3. The van der Waals surface area contributed by atoms with E-state index >= 15 is 0 Å². The van der Waals surface area contributed by atoms with Crippen molar-refractivity contribution in [3.63, 3.8) is 0 Å². The molecule has 3 aromatic heterocycles. The third kappa shape index (κ3) is 4.19. The Morgan fingerprint density at radius 3 is 1.55 bits per heavy atom. The van der Waals surface area contributed by atoms with Crippen molar-refractivity contribution in [3.05, 3.63) is 176 Å². The largest absolute Gasteiger partial charge is 0.308 e. The first-order chi connectivity index (χ1) is 24.2. The maximum atomic E-state index is 5.47. The van der Waals surface area contributed by atoms with Crippen LogP contribution in [0.5, 0.6) is 0 Å². The predicted octanol–water partition coefficient (Wildman–Crippen LogP) is 12.1. The number of benzene rings is 7. The van der Waals surface area contributed by atoms with Gasteiger partial charge in [0.1, 0.15) is 0 Å². The van der Waals surface area contributed by atoms with Crippen molar-refractivity contribution in [2.24, 2.45) is 0 Å². The van der Waals surface area contributed by atoms with Crippen LogP contribution in [0.2, 0.25) is 0 Å². The summed E-state index contributed by atoms with van der Waals surface area (Å²) in [6.07, 6.45) is 0. The van der Waals surface area contributed by atoms with Gasteiger partial charge in [0.25, 0.3) is 0 Å². The van der Waals surface area contributed by atoms with E-state index in [0.717, 1.165) is 33.5 Å². The van der Waals surface area contributed by atoms with Gasteiger partial charge in [-0.25, -0.2) is 0 Å². The molecule has 49 heavy (non-hydrogen) atoms. The molecule has 10 aromatic rings. The number of hydrogen-bond donors (Lipinski definition) is 0. The highest BCUT2D eigenvalue weighted by Gasteiger charge is 2.22. The molecule has 3 heteroatoms. The van der Waals surface area contributed by atoms with E-state index in [1.165, 1.54) is 60.3 Å². The van der Waals surface area contributed by atoms with Gasteiger partial charge in [0.05, 0.1) is 27.6 Å². The normalized spacial score (nSPS) is 11.8. The van der Waals surface area contributed by atoms with Crippen LogP contribution in [0.4, 0.5) is 0 Å². The molecule has 0 amide bonds. The summed E-state index contributed by atoms with van der Waals surface area (Å²) < 4.78 is 4.86. The van der Waals surface area contributed by atoms with Crippen LogP contribution in [0.25, 0.3) is 88.1 Å². The lowest BCUT2D eigenvalue weighted by Gasteiger charge is -2.16. The van der Waals surface area contributed by atoms with E-state index in [1.807, 2.05) is 0 Å². The van der Waals surface area contributed by atoms with Crippen LogP contribution in [-0.4, -0.2) is 14.1 Å². The minimum Gasteiger partial charge on any atom is -0.308 e. The molecule has 3 nitrogen and oxygen atoms in total. The second kappa shape index (κ2) is 10.8. The molecule has 0 N–H and O–H groups in total. The van der Waals surface area contributed by atoms with Crippen molar-refractivity contribution < 1.29 is 0 Å². The van der Waals surface area contributed by atoms with Gasteiger partial charge in [-0.3, -0.25) is 4.98 Å². The van der Waals surface area contributed by atoms with Gasteiger partial charge in [-0.05, 0) is 77.7 Å². The zero-order chi connectivity index (χ0) is 32.5. The van der Waals surface area contributed by atoms with Crippen LogP contribution < -0.4 is 0 Å². The second-order valence-electron chi connectivity index (χ2n) is 12.8. The molecule has 3 heterocycles. The average Bonchev–Trinajstić information content (AvgIpc) is 3.70. The summed E-state index contributed by atoms with van der Waals surface area (Å²) in [7, 11) is 0. The van der Waals surface area contributed by atoms with E-state index in [-0.39, 0.29) is 0 Å². The third-order valence-corrected chi connectivity index (χ3v) is 9.99. The van der Waals surface area contributed by atoms with E-state index in [9.17, 15) is 0 Å². The fraction of sp³-hybridized carbons (Fsp3) is 0.0217. The molecule has 0 saturated carbocycles. The Bertz CT molecular complexity index is 2800. The minimum absolute atomic E-state index is 1.01. The number of nitrogens with zero attached hydrogens (tertiary/aromatic N) is 3. The van der Waals surface area contributed by atoms with Gasteiger partial charge >= 0.3 is 0 Å². The fourth-order valence-electron chi connectivity index (χ4n) is 7.88. The number of rotatable bonds is 4. The summed E-state index contributed by atoms with van der Waals surface area (Å²) in [6.45, 7) is 2.17. The van der Waals surface area contributed by atoms with Gasteiger partial charge in [-0.1, -0.05) is 121 Å². The first-order valence-corrected chi connectivity index (χ1v) is 16.8. The van der Waals surface area contributed by atoms with Crippen LogP contribution in [0.3, 0.4) is 0 Å². The molecule has 0 spiro atoms. The molecule has 0 bridgehead atoms. The Kier molecular flexibility index (Phi) is 6.09. The summed E-state index contributed by atoms with van der Waals surface area (Å²) >= 11 is 0. The van der Waals surface area contributed by atoms with Gasteiger partial charge in [0.15, 0.2) is 0 Å². The lowest BCUT2D eigenvalue weighted by Crippen LogP contribution is -1.99. The quantitative estimate of drug-likeness (QED) is 0.191. The van der Waals surface area contributed by atoms with Crippen molar-refractivity contribution in [2.45, 2.75) is 6.92 Å². The molecule has 0 radical (unpaired) electrons. The van der Waals surface area contributed by atoms with Crippen LogP contribution in [0.1, 0.15) is 5.69 Å². The van der Waals surface area contributed by atoms with Crippen molar-refractivity contribution in [3.8, 4) is 33.6 Å². The van der Waals surface area contributed by atoms with Gasteiger partial charge < -0.3 is 9.13 Å². The maximum Gasteiger partial charge on any atom is 0.0973 e. The van der Waals surface area contributed by atoms with Crippen molar-refractivity contribution in [1.82, 2.24) is 14.1 Å². The lowest BCUT2D eigenvalue weighted by molar-refractivity contribution is 1.17. The van der Waals surface area contributed by atoms with Gasteiger partial charge in [0, 0.05) is 44.0 Å². The highest BCUT2D eigenvalue weighted by Crippen LogP contribution is 2.43. The molecule has 0 fully saturated rings. The predicted molar refractivity (Wildman–Crippen MR) is 206 cm³/mol. The van der Waals surface area contributed by atoms with E-state index in [1.54, 1.807) is 0 Å². The zero-order valence-electron chi connectivity index (χ0n) is 27.0. The Morgan fingerprint density at radius 2 is 0.898 bits per heavy atom. The standard InChI is InChI=1S/C46H31N3/c1-30-43-39-22-12-14-24-42(39)49(36-28-33(31-15-5-2-6-16-31)27-34(29-36)32-17-7-3-8-18-32)45(43)40-26-25-38-37-21-11-13-23-41(37)48(46(38)44(40)47-30)35-19-9-4-10-20-35/h2-29H,1H3. The Balaban J connectivity index is 1.38. The molecule has 0 saturated heterocycles. The van der Waals surface area contributed by atoms with E-state index in [2.05, 4.69) is 186 Å². The summed E-state index contributed by atoms with van der Waals surface area (Å²) in [5.41, 5.74) is 13.7. The highest BCUT2D eigenvalue weighted by atomic mass is 15.0. The lowest BCUT2D eigenvalue weighted by atomic mass is 9.98. The van der Waals surface area contributed by atoms with Crippen LogP contribution >= 0.6 is 0 Å². The monoisotopic (exact) mass is 625 g/mol. The van der Waals surface area contributed by atoms with Crippen molar-refractivity contribution in [2.75, 3.05) is 0 Å². The summed E-state index contributed by atoms with van der Waals surface area (Å²) in [5.74, 6) is 0. The van der Waals surface area contributed by atoms with Crippen molar-refractivity contribution >= 4 is 54.5 Å². The molecule has 0 unspecified atom stereocenters. The average molecular weight is 626 g/mol. The number of hydrogen-bond acceptors (Lipinski definition) is 1. The molecule has 0 aliphatic heterocycles. The molecule has 0 aliphatic carbocycles. The van der Waals surface area contributed by atoms with Gasteiger partial charge in [-0.15, -0.1) is 0 Å². The summed E-state index contributed by atoms with van der Waals surface area (Å²) in [6, 6.07) is 61.2. The number of aromatic nitrogens is 3. The molecule has 230 valence electrons. The molecule has 0 aliphatic rings. The SMILES string of the molecule is Cc1nc2c(ccc3c4ccccc4n(-c4ccccc4)c32)c2c1c1ccccc1n2-c1cc(-c2ccccc2)cc(-c2ccccc2)c1. The molecule has 7 aromatic carbocycles. The minimum atomic E-state index is 1.01.